The first-order valence-electron chi connectivity index (χ1n) is 6.58. The Hall–Kier alpha value is -0.860. The van der Waals surface area contributed by atoms with E-state index in [-0.39, 0.29) is 11.8 Å². The van der Waals surface area contributed by atoms with Crippen molar-refractivity contribution in [2.24, 2.45) is 5.92 Å². The molecule has 3 heteroatoms. The summed E-state index contributed by atoms with van der Waals surface area (Å²) in [7, 11) is 0. The second-order valence-electron chi connectivity index (χ2n) is 5.05. The van der Waals surface area contributed by atoms with Crippen LogP contribution in [0, 0.1) is 5.92 Å². The molecule has 2 aliphatic rings. The lowest BCUT2D eigenvalue weighted by Gasteiger charge is -2.18. The Bertz CT molecular complexity index is 269. The molecule has 2 rings (SSSR count). The number of carbonyl (C=O) groups is 2. The van der Waals surface area contributed by atoms with Crippen LogP contribution in [-0.2, 0) is 9.59 Å². The molecule has 0 radical (unpaired) electrons. The molecule has 90 valence electrons. The molecule has 0 aromatic heterocycles. The molecule has 1 amide bonds. The Labute approximate surface area is 97.2 Å². The highest BCUT2D eigenvalue weighted by Crippen LogP contribution is 2.24. The molecule has 0 spiro atoms. The number of nitrogens with zero attached hydrogens (tertiary/aromatic N) is 1. The molecule has 1 aliphatic heterocycles. The average molecular weight is 223 g/mol. The number of hydrogen-bond acceptors (Lipinski definition) is 2. The van der Waals surface area contributed by atoms with Crippen LogP contribution in [0.25, 0.3) is 0 Å². The third kappa shape index (κ3) is 2.83. The molecule has 1 saturated heterocycles. The third-order valence-corrected chi connectivity index (χ3v) is 3.81. The van der Waals surface area contributed by atoms with E-state index in [1.165, 1.54) is 0 Å². The second-order valence-corrected chi connectivity index (χ2v) is 5.05. The van der Waals surface area contributed by atoms with E-state index in [0.29, 0.717) is 18.6 Å². The maximum absolute atomic E-state index is 11.9. The first kappa shape index (κ1) is 11.6. The summed E-state index contributed by atoms with van der Waals surface area (Å²) in [6.07, 6.45) is 7.64. The standard InChI is InChI=1S/C13H21NO2/c15-12-7-3-1-2-6-11(12)10-13(16)14-8-4-5-9-14/h11H,1-10H2. The van der Waals surface area contributed by atoms with Gasteiger partial charge in [-0.15, -0.1) is 0 Å². The van der Waals surface area contributed by atoms with E-state index in [4.69, 9.17) is 0 Å². The van der Waals surface area contributed by atoms with Gasteiger partial charge in [-0.1, -0.05) is 12.8 Å². The van der Waals surface area contributed by atoms with E-state index in [0.717, 1.165) is 51.6 Å². The zero-order valence-electron chi connectivity index (χ0n) is 9.91. The van der Waals surface area contributed by atoms with Gasteiger partial charge in [0.25, 0.3) is 0 Å². The third-order valence-electron chi connectivity index (χ3n) is 3.81. The highest BCUT2D eigenvalue weighted by atomic mass is 16.2. The predicted octanol–water partition coefficient (Wildman–Crippen LogP) is 2.15. The lowest BCUT2D eigenvalue weighted by atomic mass is 9.95. The van der Waals surface area contributed by atoms with Gasteiger partial charge in [0.2, 0.25) is 5.91 Å². The summed E-state index contributed by atoms with van der Waals surface area (Å²) in [5.74, 6) is 0.554. The number of likely N-dealkylation sites (tertiary alicyclic amines) is 1. The molecule has 0 N–H and O–H groups in total. The Balaban J connectivity index is 1.86. The van der Waals surface area contributed by atoms with Gasteiger partial charge in [0, 0.05) is 31.8 Å². The molecule has 0 aromatic carbocycles. The van der Waals surface area contributed by atoms with Crippen LogP contribution in [0.2, 0.25) is 0 Å². The molecule has 16 heavy (non-hydrogen) atoms. The minimum absolute atomic E-state index is 0.0237. The van der Waals surface area contributed by atoms with E-state index in [9.17, 15) is 9.59 Å². The van der Waals surface area contributed by atoms with E-state index in [1.54, 1.807) is 0 Å². The fourth-order valence-electron chi connectivity index (χ4n) is 2.75. The fraction of sp³-hybridized carbons (Fsp3) is 0.846. The number of Topliss-reactive ketones (excluding diaryl/α,β-unsaturated/α-hetero) is 1. The van der Waals surface area contributed by atoms with Gasteiger partial charge in [-0.3, -0.25) is 9.59 Å². The van der Waals surface area contributed by atoms with Crippen LogP contribution in [0.5, 0.6) is 0 Å². The molecule has 1 atom stereocenters. The summed E-state index contributed by atoms with van der Waals surface area (Å²) >= 11 is 0. The second kappa shape index (κ2) is 5.46. The average Bonchev–Trinajstić information content (AvgIpc) is 2.73. The van der Waals surface area contributed by atoms with Gasteiger partial charge in [-0.25, -0.2) is 0 Å². The number of hydrogen-bond donors (Lipinski definition) is 0. The number of ketones is 1. The van der Waals surface area contributed by atoms with Gasteiger partial charge in [-0.05, 0) is 25.7 Å². The summed E-state index contributed by atoms with van der Waals surface area (Å²) in [5.41, 5.74) is 0. The van der Waals surface area contributed by atoms with Crippen LogP contribution in [-0.4, -0.2) is 29.7 Å². The first-order chi connectivity index (χ1) is 7.77. The van der Waals surface area contributed by atoms with Gasteiger partial charge in [0.05, 0.1) is 0 Å². The van der Waals surface area contributed by atoms with Crippen molar-refractivity contribution in [2.75, 3.05) is 13.1 Å². The van der Waals surface area contributed by atoms with E-state index >= 15 is 0 Å². The Morgan fingerprint density at radius 3 is 2.62 bits per heavy atom. The van der Waals surface area contributed by atoms with Crippen molar-refractivity contribution in [3.05, 3.63) is 0 Å². The number of amides is 1. The van der Waals surface area contributed by atoms with Gasteiger partial charge in [0.15, 0.2) is 0 Å². The van der Waals surface area contributed by atoms with E-state index < -0.39 is 0 Å². The van der Waals surface area contributed by atoms with Crippen LogP contribution in [0.1, 0.15) is 51.4 Å². The van der Waals surface area contributed by atoms with Crippen molar-refractivity contribution in [3.8, 4) is 0 Å². The Morgan fingerprint density at radius 1 is 1.12 bits per heavy atom. The van der Waals surface area contributed by atoms with Crippen LogP contribution in [0.3, 0.4) is 0 Å². The summed E-state index contributed by atoms with van der Waals surface area (Å²) in [6.45, 7) is 1.81. The molecule has 0 aromatic rings. The maximum atomic E-state index is 11.9. The van der Waals surface area contributed by atoms with Crippen molar-refractivity contribution in [2.45, 2.75) is 51.4 Å². The van der Waals surface area contributed by atoms with Crippen molar-refractivity contribution in [1.29, 1.82) is 0 Å². The normalized spacial score (nSPS) is 26.9. The topological polar surface area (TPSA) is 37.4 Å². The Morgan fingerprint density at radius 2 is 1.88 bits per heavy atom. The molecule has 1 unspecified atom stereocenters. The van der Waals surface area contributed by atoms with Crippen LogP contribution < -0.4 is 0 Å². The smallest absolute Gasteiger partial charge is 0.223 e. The monoisotopic (exact) mass is 223 g/mol. The molecular weight excluding hydrogens is 202 g/mol. The number of rotatable bonds is 2. The van der Waals surface area contributed by atoms with Gasteiger partial charge in [0.1, 0.15) is 5.78 Å². The van der Waals surface area contributed by atoms with Crippen LogP contribution >= 0.6 is 0 Å². The van der Waals surface area contributed by atoms with Crippen LogP contribution in [0.4, 0.5) is 0 Å². The van der Waals surface area contributed by atoms with Crippen LogP contribution in [0.15, 0.2) is 0 Å². The lowest BCUT2D eigenvalue weighted by Crippen LogP contribution is -2.31. The summed E-state index contributed by atoms with van der Waals surface area (Å²) in [6, 6.07) is 0. The highest BCUT2D eigenvalue weighted by Gasteiger charge is 2.26. The first-order valence-corrected chi connectivity index (χ1v) is 6.58. The van der Waals surface area contributed by atoms with Gasteiger partial charge >= 0.3 is 0 Å². The minimum Gasteiger partial charge on any atom is -0.343 e. The zero-order valence-corrected chi connectivity index (χ0v) is 9.91. The molecule has 1 saturated carbocycles. The molecule has 2 fully saturated rings. The molecule has 0 bridgehead atoms. The lowest BCUT2D eigenvalue weighted by molar-refractivity contribution is -0.134. The molecule has 3 nitrogen and oxygen atoms in total. The fourth-order valence-corrected chi connectivity index (χ4v) is 2.75. The zero-order chi connectivity index (χ0) is 11.4. The Kier molecular flexibility index (Phi) is 3.97. The minimum atomic E-state index is 0.0237. The quantitative estimate of drug-likeness (QED) is 0.673. The molecule has 1 aliphatic carbocycles. The van der Waals surface area contributed by atoms with Gasteiger partial charge < -0.3 is 4.90 Å². The van der Waals surface area contributed by atoms with Gasteiger partial charge in [-0.2, -0.15) is 0 Å². The highest BCUT2D eigenvalue weighted by molar-refractivity contribution is 5.87. The predicted molar refractivity (Wildman–Crippen MR) is 62.0 cm³/mol. The number of carbonyl (C=O) groups excluding carboxylic acids is 2. The summed E-state index contributed by atoms with van der Waals surface area (Å²) in [5, 5.41) is 0. The largest absolute Gasteiger partial charge is 0.343 e. The van der Waals surface area contributed by atoms with Crippen molar-refractivity contribution >= 4 is 11.7 Å². The maximum Gasteiger partial charge on any atom is 0.223 e. The van der Waals surface area contributed by atoms with Crippen molar-refractivity contribution in [3.63, 3.8) is 0 Å². The van der Waals surface area contributed by atoms with E-state index in [2.05, 4.69) is 0 Å². The SMILES string of the molecule is O=C1CCCCCC1CC(=O)N1CCCC1. The van der Waals surface area contributed by atoms with Crippen molar-refractivity contribution < 1.29 is 9.59 Å². The summed E-state index contributed by atoms with van der Waals surface area (Å²) in [4.78, 5) is 25.7. The molecular formula is C13H21NO2. The molecule has 1 heterocycles. The summed E-state index contributed by atoms with van der Waals surface area (Å²) < 4.78 is 0. The van der Waals surface area contributed by atoms with E-state index in [1.807, 2.05) is 4.90 Å². The van der Waals surface area contributed by atoms with Crippen molar-refractivity contribution in [1.82, 2.24) is 4.90 Å².